The number of aromatic nitrogens is 1. The normalized spacial score (nSPS) is 12.8. The maximum absolute atomic E-state index is 13.5. The van der Waals surface area contributed by atoms with Gasteiger partial charge in [0.25, 0.3) is 0 Å². The zero-order valence-electron chi connectivity index (χ0n) is 21.6. The van der Waals surface area contributed by atoms with Crippen LogP contribution in [0.1, 0.15) is 35.8 Å². The second kappa shape index (κ2) is 11.4. The van der Waals surface area contributed by atoms with E-state index in [9.17, 15) is 9.59 Å². The zero-order chi connectivity index (χ0) is 26.5. The van der Waals surface area contributed by atoms with E-state index in [0.717, 1.165) is 39.1 Å². The number of carbonyl (C=O) groups excluding carboxylic acids is 2. The summed E-state index contributed by atoms with van der Waals surface area (Å²) in [4.78, 5) is 24.5. The van der Waals surface area contributed by atoms with Crippen LogP contribution in [0.15, 0.2) is 66.7 Å². The number of ether oxygens (including phenoxy) is 4. The number of fused-ring (bicyclic) bond motifs is 1. The predicted molar refractivity (Wildman–Crippen MR) is 145 cm³/mol. The molecule has 1 aliphatic carbocycles. The number of rotatable bonds is 12. The average Bonchev–Trinajstić information content (AvgIpc) is 3.72. The van der Waals surface area contributed by atoms with Crippen molar-refractivity contribution >= 4 is 23.2 Å². The Hall–Kier alpha value is -4.26. The van der Waals surface area contributed by atoms with Gasteiger partial charge in [-0.25, -0.2) is 4.79 Å². The van der Waals surface area contributed by atoms with E-state index in [-0.39, 0.29) is 13.2 Å². The zero-order valence-corrected chi connectivity index (χ0v) is 21.6. The monoisotopic (exact) mass is 513 g/mol. The Kier molecular flexibility index (Phi) is 7.63. The van der Waals surface area contributed by atoms with Gasteiger partial charge >= 0.3 is 5.97 Å². The lowest BCUT2D eigenvalue weighted by molar-refractivity contribution is -0.109. The molecule has 0 aliphatic heterocycles. The highest BCUT2D eigenvalue weighted by Crippen LogP contribution is 2.39. The van der Waals surface area contributed by atoms with Crippen molar-refractivity contribution in [1.82, 2.24) is 4.57 Å². The van der Waals surface area contributed by atoms with Gasteiger partial charge in [-0.1, -0.05) is 24.3 Å². The molecule has 0 bridgehead atoms. The molecule has 1 saturated carbocycles. The van der Waals surface area contributed by atoms with E-state index in [2.05, 4.69) is 0 Å². The fourth-order valence-corrected chi connectivity index (χ4v) is 4.62. The number of nitrogens with zero attached hydrogens (tertiary/aromatic N) is 1. The summed E-state index contributed by atoms with van der Waals surface area (Å²) in [6, 6.07) is 21.2. The summed E-state index contributed by atoms with van der Waals surface area (Å²) < 4.78 is 24.6. The minimum absolute atomic E-state index is 0.0550. The number of esters is 1. The Morgan fingerprint density at radius 1 is 0.974 bits per heavy atom. The molecule has 1 aliphatic rings. The first-order valence-corrected chi connectivity index (χ1v) is 12.9. The van der Waals surface area contributed by atoms with Crippen molar-refractivity contribution in [3.63, 3.8) is 0 Å². The lowest BCUT2D eigenvalue weighted by atomic mass is 10.0. The van der Waals surface area contributed by atoms with Gasteiger partial charge in [-0.3, -0.25) is 4.79 Å². The topological polar surface area (TPSA) is 76.0 Å². The van der Waals surface area contributed by atoms with Crippen LogP contribution < -0.4 is 14.2 Å². The van der Waals surface area contributed by atoms with E-state index in [0.29, 0.717) is 36.8 Å². The minimum Gasteiger partial charge on any atom is -0.497 e. The summed E-state index contributed by atoms with van der Waals surface area (Å²) >= 11 is 0. The molecule has 0 spiro atoms. The van der Waals surface area contributed by atoms with E-state index < -0.39 is 5.97 Å². The van der Waals surface area contributed by atoms with E-state index >= 15 is 0 Å². The third-order valence-electron chi connectivity index (χ3n) is 6.60. The van der Waals surface area contributed by atoms with Crippen LogP contribution in [0.3, 0.4) is 0 Å². The molecule has 5 rings (SSSR count). The Balaban J connectivity index is 1.69. The van der Waals surface area contributed by atoms with Crippen molar-refractivity contribution in [1.29, 1.82) is 0 Å². The predicted octanol–water partition coefficient (Wildman–Crippen LogP) is 5.91. The number of hydrogen-bond donors (Lipinski definition) is 0. The molecule has 0 N–H and O–H groups in total. The summed E-state index contributed by atoms with van der Waals surface area (Å²) in [7, 11) is 1.63. The first-order valence-electron chi connectivity index (χ1n) is 12.9. The van der Waals surface area contributed by atoms with Gasteiger partial charge in [0.15, 0.2) is 6.29 Å². The number of hydrogen-bond acceptors (Lipinski definition) is 6. The number of carbonyl (C=O) groups is 2. The standard InChI is InChI=1S/C31H31NO6/c1-3-36-31(34)30-29(23-7-5-9-25(17-23)38-20-21-10-11-21)27-18-26(37-15-14-33)12-13-28(27)32(30)19-22-6-4-8-24(16-22)35-2/h4-9,12-14,16-18,21H,3,10-11,15,19-20H2,1-2H3. The van der Waals surface area contributed by atoms with Gasteiger partial charge in [0, 0.05) is 23.0 Å². The summed E-state index contributed by atoms with van der Waals surface area (Å²) in [6.07, 6.45) is 3.12. The van der Waals surface area contributed by atoms with Gasteiger partial charge in [-0.2, -0.15) is 0 Å². The molecule has 196 valence electrons. The lowest BCUT2D eigenvalue weighted by Crippen LogP contribution is -2.14. The molecule has 0 radical (unpaired) electrons. The smallest absolute Gasteiger partial charge is 0.355 e. The highest BCUT2D eigenvalue weighted by molar-refractivity contribution is 6.09. The quantitative estimate of drug-likeness (QED) is 0.173. The molecule has 4 aromatic rings. The molecule has 3 aromatic carbocycles. The van der Waals surface area contributed by atoms with E-state index in [4.69, 9.17) is 18.9 Å². The molecule has 1 heterocycles. The molecule has 0 unspecified atom stereocenters. The third kappa shape index (κ3) is 5.52. The molecule has 7 heteroatoms. The van der Waals surface area contributed by atoms with Crippen molar-refractivity contribution in [3.8, 4) is 28.4 Å². The Morgan fingerprint density at radius 3 is 2.53 bits per heavy atom. The first kappa shape index (κ1) is 25.4. The van der Waals surface area contributed by atoms with Crippen molar-refractivity contribution in [2.24, 2.45) is 5.92 Å². The highest BCUT2D eigenvalue weighted by atomic mass is 16.5. The fourth-order valence-electron chi connectivity index (χ4n) is 4.62. The summed E-state index contributed by atoms with van der Waals surface area (Å²) in [6.45, 7) is 3.10. The van der Waals surface area contributed by atoms with Crippen LogP contribution in [0.2, 0.25) is 0 Å². The first-order chi connectivity index (χ1) is 18.6. The van der Waals surface area contributed by atoms with Crippen LogP contribution in [-0.2, 0) is 16.1 Å². The molecular weight excluding hydrogens is 482 g/mol. The second-order valence-electron chi connectivity index (χ2n) is 9.32. The minimum atomic E-state index is -0.416. The third-order valence-corrected chi connectivity index (χ3v) is 6.60. The van der Waals surface area contributed by atoms with Crippen LogP contribution in [0.4, 0.5) is 0 Å². The number of benzene rings is 3. The van der Waals surface area contributed by atoms with Crippen LogP contribution in [-0.4, -0.2) is 43.8 Å². The van der Waals surface area contributed by atoms with E-state index in [1.165, 1.54) is 12.8 Å². The maximum Gasteiger partial charge on any atom is 0.355 e. The van der Waals surface area contributed by atoms with Crippen LogP contribution >= 0.6 is 0 Å². The van der Waals surface area contributed by atoms with Crippen LogP contribution in [0.5, 0.6) is 17.2 Å². The number of methoxy groups -OCH3 is 1. The lowest BCUT2D eigenvalue weighted by Gasteiger charge is -2.13. The molecule has 1 fully saturated rings. The molecule has 38 heavy (non-hydrogen) atoms. The maximum atomic E-state index is 13.5. The van der Waals surface area contributed by atoms with Gasteiger partial charge in [0.05, 0.1) is 20.3 Å². The van der Waals surface area contributed by atoms with Crippen molar-refractivity contribution in [3.05, 3.63) is 78.0 Å². The molecule has 1 aromatic heterocycles. The van der Waals surface area contributed by atoms with Crippen molar-refractivity contribution in [2.75, 3.05) is 26.9 Å². The molecule has 0 atom stereocenters. The van der Waals surface area contributed by atoms with Crippen LogP contribution in [0.25, 0.3) is 22.0 Å². The Bertz CT molecular complexity index is 1450. The highest BCUT2D eigenvalue weighted by Gasteiger charge is 2.26. The van der Waals surface area contributed by atoms with Crippen molar-refractivity contribution in [2.45, 2.75) is 26.3 Å². The van der Waals surface area contributed by atoms with Crippen molar-refractivity contribution < 1.29 is 28.5 Å². The SMILES string of the molecule is CCOC(=O)c1c(-c2cccc(OCC3CC3)c2)c2cc(OCC=O)ccc2n1Cc1cccc(OC)c1. The summed E-state index contributed by atoms with van der Waals surface area (Å²) in [5, 5.41) is 0.818. The second-order valence-corrected chi connectivity index (χ2v) is 9.32. The Morgan fingerprint density at radius 2 is 1.76 bits per heavy atom. The fraction of sp³-hybridized carbons (Fsp3) is 0.290. The summed E-state index contributed by atoms with van der Waals surface area (Å²) in [5.74, 6) is 2.24. The average molecular weight is 514 g/mol. The molecule has 0 saturated heterocycles. The summed E-state index contributed by atoms with van der Waals surface area (Å²) in [5.41, 5.74) is 3.82. The van der Waals surface area contributed by atoms with Gasteiger partial charge in [0.1, 0.15) is 29.5 Å². The van der Waals surface area contributed by atoms with Gasteiger partial charge < -0.3 is 23.5 Å². The molecular formula is C31H31NO6. The van der Waals surface area contributed by atoms with E-state index in [1.54, 1.807) is 14.0 Å². The Labute approximate surface area is 221 Å². The van der Waals surface area contributed by atoms with Crippen LogP contribution in [0, 0.1) is 5.92 Å². The van der Waals surface area contributed by atoms with Gasteiger partial charge in [-0.05, 0) is 79.3 Å². The molecule has 7 nitrogen and oxygen atoms in total. The van der Waals surface area contributed by atoms with E-state index in [1.807, 2.05) is 71.3 Å². The molecule has 0 amide bonds. The van der Waals surface area contributed by atoms with Gasteiger partial charge in [0.2, 0.25) is 0 Å². The number of aldehydes is 1. The van der Waals surface area contributed by atoms with Gasteiger partial charge in [-0.15, -0.1) is 0 Å². The largest absolute Gasteiger partial charge is 0.497 e.